The first-order chi connectivity index (χ1) is 12.0. The molecule has 2 aromatic rings. The number of nitrogens with zero attached hydrogens (tertiary/aromatic N) is 2. The molecule has 2 unspecified atom stereocenters. The Kier molecular flexibility index (Phi) is 5.00. The van der Waals surface area contributed by atoms with E-state index in [1.165, 1.54) is 0 Å². The van der Waals surface area contributed by atoms with Crippen molar-refractivity contribution < 1.29 is 19.8 Å². The Balaban J connectivity index is 1.61. The zero-order chi connectivity index (χ0) is 18.0. The largest absolute Gasteiger partial charge is 0.465 e. The van der Waals surface area contributed by atoms with Crippen molar-refractivity contribution in [1.82, 2.24) is 15.2 Å². The highest BCUT2D eigenvalue weighted by Crippen LogP contribution is 2.27. The fourth-order valence-corrected chi connectivity index (χ4v) is 3.75. The minimum Gasteiger partial charge on any atom is -0.465 e. The zero-order valence-electron chi connectivity index (χ0n) is 13.7. The van der Waals surface area contributed by atoms with Gasteiger partial charge in [0.25, 0.3) is 0 Å². The van der Waals surface area contributed by atoms with Crippen LogP contribution >= 0.6 is 11.3 Å². The number of carbonyl (C=O) groups is 2. The summed E-state index contributed by atoms with van der Waals surface area (Å²) in [6.45, 7) is 2.24. The van der Waals surface area contributed by atoms with Crippen molar-refractivity contribution in [3.63, 3.8) is 0 Å². The molecular formula is C17H19N3O4S. The number of benzene rings is 1. The highest BCUT2D eigenvalue weighted by atomic mass is 32.1. The lowest BCUT2D eigenvalue weighted by Crippen LogP contribution is -2.45. The summed E-state index contributed by atoms with van der Waals surface area (Å²) in [5, 5.41) is 21.5. The summed E-state index contributed by atoms with van der Waals surface area (Å²) in [5.74, 6) is -0.388. The molecule has 0 aliphatic carbocycles. The van der Waals surface area contributed by atoms with Gasteiger partial charge in [0.05, 0.1) is 28.7 Å². The Morgan fingerprint density at radius 1 is 1.36 bits per heavy atom. The van der Waals surface area contributed by atoms with Crippen LogP contribution in [0, 0.1) is 6.92 Å². The zero-order valence-corrected chi connectivity index (χ0v) is 14.5. The van der Waals surface area contributed by atoms with E-state index in [-0.39, 0.29) is 18.9 Å². The van der Waals surface area contributed by atoms with Crippen molar-refractivity contribution >= 4 is 23.3 Å². The molecule has 1 aliphatic rings. The number of β-amino-alcohol motifs (C(OH)–C–C–N with tert-alkyl or cyclic N) is 1. The van der Waals surface area contributed by atoms with Crippen molar-refractivity contribution in [2.24, 2.45) is 0 Å². The van der Waals surface area contributed by atoms with Gasteiger partial charge in [-0.05, 0) is 18.1 Å². The van der Waals surface area contributed by atoms with E-state index in [1.807, 2.05) is 36.7 Å². The second-order valence-corrected chi connectivity index (χ2v) is 6.88. The fourth-order valence-electron chi connectivity index (χ4n) is 2.93. The summed E-state index contributed by atoms with van der Waals surface area (Å²) in [7, 11) is 0. The van der Waals surface area contributed by atoms with Gasteiger partial charge in [0, 0.05) is 13.0 Å². The van der Waals surface area contributed by atoms with Gasteiger partial charge in [0.2, 0.25) is 5.91 Å². The van der Waals surface area contributed by atoms with Gasteiger partial charge in [-0.2, -0.15) is 0 Å². The molecule has 132 valence electrons. The molecule has 0 radical (unpaired) electrons. The number of nitrogens with one attached hydrogen (secondary N) is 1. The lowest BCUT2D eigenvalue weighted by atomic mass is 10.1. The van der Waals surface area contributed by atoms with E-state index < -0.39 is 18.2 Å². The number of aliphatic hydroxyl groups is 1. The number of carbonyl (C=O) groups excluding carboxylic acids is 1. The monoisotopic (exact) mass is 361 g/mol. The van der Waals surface area contributed by atoms with E-state index in [4.69, 9.17) is 5.11 Å². The van der Waals surface area contributed by atoms with Gasteiger partial charge in [-0.1, -0.05) is 24.3 Å². The van der Waals surface area contributed by atoms with Crippen molar-refractivity contribution in [1.29, 1.82) is 0 Å². The quantitative estimate of drug-likeness (QED) is 0.771. The predicted molar refractivity (Wildman–Crippen MR) is 93.3 cm³/mol. The standard InChI is InChI=1S/C17H19N3O4S/c1-10-15(25-9-19-10)12-4-2-11(3-5-12)7-18-16(22)14-6-13(21)8-20(14)17(23)24/h2-5,9,13-14,21H,6-8H2,1H3,(H,18,22)(H,23,24). The number of hydrogen-bond acceptors (Lipinski definition) is 5. The van der Waals surface area contributed by atoms with Gasteiger partial charge in [0.1, 0.15) is 6.04 Å². The van der Waals surface area contributed by atoms with Gasteiger partial charge >= 0.3 is 6.09 Å². The van der Waals surface area contributed by atoms with E-state index in [2.05, 4.69) is 10.3 Å². The number of aryl methyl sites for hydroxylation is 1. The molecule has 3 rings (SSSR count). The van der Waals surface area contributed by atoms with Crippen LogP contribution in [0.3, 0.4) is 0 Å². The summed E-state index contributed by atoms with van der Waals surface area (Å²) in [6, 6.07) is 6.96. The van der Waals surface area contributed by atoms with Crippen molar-refractivity contribution in [2.45, 2.75) is 32.0 Å². The molecule has 2 heterocycles. The third-order valence-corrected chi connectivity index (χ3v) is 5.23. The number of likely N-dealkylation sites (tertiary alicyclic amines) is 1. The Morgan fingerprint density at radius 3 is 2.68 bits per heavy atom. The highest BCUT2D eigenvalue weighted by Gasteiger charge is 2.38. The average molecular weight is 361 g/mol. The van der Waals surface area contributed by atoms with Crippen LogP contribution in [0.1, 0.15) is 17.7 Å². The van der Waals surface area contributed by atoms with Gasteiger partial charge in [0.15, 0.2) is 0 Å². The maximum Gasteiger partial charge on any atom is 0.408 e. The van der Waals surface area contributed by atoms with Gasteiger partial charge < -0.3 is 15.5 Å². The minimum absolute atomic E-state index is 0.0314. The number of carboxylic acid groups (broad SMARTS) is 1. The molecular weight excluding hydrogens is 342 g/mol. The summed E-state index contributed by atoms with van der Waals surface area (Å²) in [6.07, 6.45) is -1.86. The normalized spacial score (nSPS) is 19.8. The van der Waals surface area contributed by atoms with E-state index in [9.17, 15) is 14.7 Å². The van der Waals surface area contributed by atoms with Crippen LogP contribution in [0.4, 0.5) is 4.79 Å². The van der Waals surface area contributed by atoms with Crippen molar-refractivity contribution in [3.8, 4) is 10.4 Å². The van der Waals surface area contributed by atoms with Gasteiger partial charge in [-0.3, -0.25) is 9.69 Å². The SMILES string of the molecule is Cc1ncsc1-c1ccc(CNC(=O)C2CC(O)CN2C(=O)O)cc1. The maximum absolute atomic E-state index is 12.2. The summed E-state index contributed by atoms with van der Waals surface area (Å²) in [5.41, 5.74) is 4.79. The van der Waals surface area contributed by atoms with Gasteiger partial charge in [-0.25, -0.2) is 9.78 Å². The number of aromatic nitrogens is 1. The molecule has 1 fully saturated rings. The van der Waals surface area contributed by atoms with E-state index >= 15 is 0 Å². The Bertz CT molecular complexity index is 774. The molecule has 0 saturated carbocycles. The highest BCUT2D eigenvalue weighted by molar-refractivity contribution is 7.13. The van der Waals surface area contributed by atoms with Crippen LogP contribution in [0.25, 0.3) is 10.4 Å². The molecule has 2 atom stereocenters. The molecule has 2 amide bonds. The number of rotatable bonds is 4. The summed E-state index contributed by atoms with van der Waals surface area (Å²) in [4.78, 5) is 29.7. The van der Waals surface area contributed by atoms with E-state index in [1.54, 1.807) is 11.3 Å². The lowest BCUT2D eigenvalue weighted by Gasteiger charge is -2.20. The number of aliphatic hydroxyl groups excluding tert-OH is 1. The fraction of sp³-hybridized carbons (Fsp3) is 0.353. The predicted octanol–water partition coefficient (Wildman–Crippen LogP) is 1.85. The molecule has 7 nitrogen and oxygen atoms in total. The number of hydrogen-bond donors (Lipinski definition) is 3. The number of thiazole rings is 1. The van der Waals surface area contributed by atoms with Crippen molar-refractivity contribution in [3.05, 3.63) is 41.0 Å². The average Bonchev–Trinajstić information content (AvgIpc) is 3.19. The third kappa shape index (κ3) is 3.80. The molecule has 1 aromatic heterocycles. The van der Waals surface area contributed by atoms with Crippen LogP contribution in [-0.2, 0) is 11.3 Å². The Hall–Kier alpha value is -2.45. The molecule has 1 saturated heterocycles. The second kappa shape index (κ2) is 7.20. The van der Waals surface area contributed by atoms with Crippen molar-refractivity contribution in [2.75, 3.05) is 6.54 Å². The molecule has 0 spiro atoms. The van der Waals surface area contributed by atoms with E-state index in [0.717, 1.165) is 26.6 Å². The Labute approximate surface area is 148 Å². The second-order valence-electron chi connectivity index (χ2n) is 6.02. The third-order valence-electron chi connectivity index (χ3n) is 4.26. The smallest absolute Gasteiger partial charge is 0.408 e. The summed E-state index contributed by atoms with van der Waals surface area (Å²) >= 11 is 1.58. The molecule has 1 aromatic carbocycles. The number of amides is 2. The molecule has 0 bridgehead atoms. The van der Waals surface area contributed by atoms with Crippen LogP contribution in [0.15, 0.2) is 29.8 Å². The van der Waals surface area contributed by atoms with E-state index in [0.29, 0.717) is 6.54 Å². The molecule has 8 heteroatoms. The Morgan fingerprint density at radius 2 is 2.08 bits per heavy atom. The molecule has 3 N–H and O–H groups in total. The first-order valence-electron chi connectivity index (χ1n) is 7.90. The maximum atomic E-state index is 12.2. The van der Waals surface area contributed by atoms with Crippen LogP contribution in [0.2, 0.25) is 0 Å². The minimum atomic E-state index is -1.19. The van der Waals surface area contributed by atoms with Crippen LogP contribution in [0.5, 0.6) is 0 Å². The lowest BCUT2D eigenvalue weighted by molar-refractivity contribution is -0.125. The van der Waals surface area contributed by atoms with Crippen LogP contribution < -0.4 is 5.32 Å². The topological polar surface area (TPSA) is 103 Å². The molecule has 1 aliphatic heterocycles. The first-order valence-corrected chi connectivity index (χ1v) is 8.78. The summed E-state index contributed by atoms with van der Waals surface area (Å²) < 4.78 is 0. The van der Waals surface area contributed by atoms with Crippen LogP contribution in [-0.4, -0.2) is 50.8 Å². The van der Waals surface area contributed by atoms with Gasteiger partial charge in [-0.15, -0.1) is 11.3 Å². The first kappa shape index (κ1) is 17.4. The molecule has 25 heavy (non-hydrogen) atoms.